The first-order chi connectivity index (χ1) is 9.11. The van der Waals surface area contributed by atoms with Crippen LogP contribution in [-0.2, 0) is 11.2 Å². The van der Waals surface area contributed by atoms with Gasteiger partial charge in [-0.15, -0.1) is 0 Å². The molecule has 1 aliphatic heterocycles. The second kappa shape index (κ2) is 6.77. The smallest absolute Gasteiger partial charge is 0.155 e. The molecule has 5 heteroatoms. The van der Waals surface area contributed by atoms with E-state index in [-0.39, 0.29) is 6.04 Å². The summed E-state index contributed by atoms with van der Waals surface area (Å²) in [4.78, 5) is 14.5. The molecule has 0 radical (unpaired) electrons. The van der Waals surface area contributed by atoms with Crippen LogP contribution >= 0.6 is 27.7 Å². The third kappa shape index (κ3) is 3.74. The number of Topliss-reactive ketones (excluding diaryl/α,β-unsaturated/α-hetero) is 1. The Morgan fingerprint density at radius 1 is 1.58 bits per heavy atom. The first-order valence-corrected chi connectivity index (χ1v) is 8.19. The number of nitrogens with zero attached hydrogens (tertiary/aromatic N) is 1. The van der Waals surface area contributed by atoms with E-state index in [9.17, 15) is 4.79 Å². The summed E-state index contributed by atoms with van der Waals surface area (Å²) < 4.78 is 6.09. The topological polar surface area (TPSA) is 29.5 Å². The number of carbonyl (C=O) groups excluding carboxylic acids is 1. The van der Waals surface area contributed by atoms with E-state index in [1.807, 2.05) is 37.0 Å². The molecule has 1 aliphatic rings. The van der Waals surface area contributed by atoms with Crippen LogP contribution in [0.4, 0.5) is 0 Å². The Bertz CT molecular complexity index is 467. The number of rotatable bonds is 4. The number of benzene rings is 1. The van der Waals surface area contributed by atoms with Crippen molar-refractivity contribution in [1.29, 1.82) is 0 Å². The maximum Gasteiger partial charge on any atom is 0.155 e. The van der Waals surface area contributed by atoms with E-state index in [1.165, 1.54) is 0 Å². The second-order valence-electron chi connectivity index (χ2n) is 4.68. The molecule has 1 aromatic carbocycles. The van der Waals surface area contributed by atoms with Crippen molar-refractivity contribution in [2.75, 3.05) is 32.2 Å². The zero-order valence-electron chi connectivity index (χ0n) is 11.2. The Balaban J connectivity index is 2.04. The summed E-state index contributed by atoms with van der Waals surface area (Å²) in [6.07, 6.45) is 0.484. The molecule has 0 N–H and O–H groups in total. The maximum absolute atomic E-state index is 12.3. The Morgan fingerprint density at radius 3 is 3.00 bits per heavy atom. The molecule has 0 amide bonds. The van der Waals surface area contributed by atoms with Gasteiger partial charge in [-0.05, 0) is 40.7 Å². The van der Waals surface area contributed by atoms with Gasteiger partial charge >= 0.3 is 0 Å². The average molecular weight is 344 g/mol. The first-order valence-electron chi connectivity index (χ1n) is 6.25. The third-order valence-electron chi connectivity index (χ3n) is 3.36. The summed E-state index contributed by atoms with van der Waals surface area (Å²) in [5.41, 5.74) is 1.03. The van der Waals surface area contributed by atoms with Crippen molar-refractivity contribution in [3.8, 4) is 5.75 Å². The zero-order chi connectivity index (χ0) is 13.8. The molecule has 1 heterocycles. The van der Waals surface area contributed by atoms with Crippen LogP contribution in [0.15, 0.2) is 22.7 Å². The molecule has 1 atom stereocenters. The quantitative estimate of drug-likeness (QED) is 0.840. The Labute approximate surface area is 126 Å². The number of ketones is 1. The summed E-state index contributed by atoms with van der Waals surface area (Å²) in [7, 11) is 3.67. The van der Waals surface area contributed by atoms with Gasteiger partial charge in [0.1, 0.15) is 5.75 Å². The molecule has 0 aliphatic carbocycles. The van der Waals surface area contributed by atoms with Crippen LogP contribution in [-0.4, -0.2) is 48.9 Å². The SMILES string of the molecule is COc1ccc(CC(=O)C2CSCCN2C)cc1Br. The largest absolute Gasteiger partial charge is 0.496 e. The van der Waals surface area contributed by atoms with Gasteiger partial charge in [0, 0.05) is 24.5 Å². The van der Waals surface area contributed by atoms with Gasteiger partial charge < -0.3 is 4.74 Å². The minimum atomic E-state index is 0.0552. The number of hydrogen-bond donors (Lipinski definition) is 0. The molecule has 1 unspecified atom stereocenters. The molecule has 0 spiro atoms. The summed E-state index contributed by atoms with van der Waals surface area (Å²) in [6, 6.07) is 5.87. The van der Waals surface area contributed by atoms with Gasteiger partial charge in [-0.25, -0.2) is 0 Å². The van der Waals surface area contributed by atoms with Crippen LogP contribution in [0, 0.1) is 0 Å². The van der Waals surface area contributed by atoms with Crippen LogP contribution < -0.4 is 4.74 Å². The van der Waals surface area contributed by atoms with Crippen LogP contribution in [0.1, 0.15) is 5.56 Å². The molecule has 1 aromatic rings. The molecule has 19 heavy (non-hydrogen) atoms. The van der Waals surface area contributed by atoms with Gasteiger partial charge in [0.25, 0.3) is 0 Å². The predicted molar refractivity (Wildman–Crippen MR) is 83.1 cm³/mol. The highest BCUT2D eigenvalue weighted by Gasteiger charge is 2.26. The van der Waals surface area contributed by atoms with E-state index in [4.69, 9.17) is 4.74 Å². The Kier molecular flexibility index (Phi) is 5.30. The number of halogens is 1. The number of thioether (sulfide) groups is 1. The van der Waals surface area contributed by atoms with Crippen LogP contribution in [0.3, 0.4) is 0 Å². The van der Waals surface area contributed by atoms with Gasteiger partial charge in [0.05, 0.1) is 17.6 Å². The lowest BCUT2D eigenvalue weighted by Gasteiger charge is -2.30. The zero-order valence-corrected chi connectivity index (χ0v) is 13.6. The van der Waals surface area contributed by atoms with Crippen molar-refractivity contribution >= 4 is 33.5 Å². The van der Waals surface area contributed by atoms with E-state index < -0.39 is 0 Å². The predicted octanol–water partition coefficient (Wildman–Crippen LogP) is 2.62. The summed E-state index contributed by atoms with van der Waals surface area (Å²) in [5, 5.41) is 0. The van der Waals surface area contributed by atoms with Crippen molar-refractivity contribution in [1.82, 2.24) is 4.90 Å². The fraction of sp³-hybridized carbons (Fsp3) is 0.500. The highest BCUT2D eigenvalue weighted by atomic mass is 79.9. The number of carbonyl (C=O) groups is 1. The molecule has 0 aromatic heterocycles. The summed E-state index contributed by atoms with van der Waals surface area (Å²) in [5.74, 6) is 3.12. The lowest BCUT2D eigenvalue weighted by Crippen LogP contribution is -2.45. The van der Waals surface area contributed by atoms with Crippen molar-refractivity contribution in [2.24, 2.45) is 0 Å². The van der Waals surface area contributed by atoms with E-state index in [1.54, 1.807) is 7.11 Å². The first kappa shape index (κ1) is 14.9. The third-order valence-corrected chi connectivity index (χ3v) is 5.00. The lowest BCUT2D eigenvalue weighted by atomic mass is 10.0. The van der Waals surface area contributed by atoms with Crippen molar-refractivity contribution in [2.45, 2.75) is 12.5 Å². The lowest BCUT2D eigenvalue weighted by molar-refractivity contribution is -0.122. The number of hydrogen-bond acceptors (Lipinski definition) is 4. The second-order valence-corrected chi connectivity index (χ2v) is 6.69. The molecule has 0 saturated carbocycles. The fourth-order valence-electron chi connectivity index (χ4n) is 2.16. The van der Waals surface area contributed by atoms with E-state index in [2.05, 4.69) is 20.8 Å². The minimum Gasteiger partial charge on any atom is -0.496 e. The monoisotopic (exact) mass is 343 g/mol. The molecule has 2 rings (SSSR count). The molecular formula is C14H18BrNO2S. The molecule has 0 bridgehead atoms. The number of likely N-dealkylation sites (N-methyl/N-ethyl adjacent to an activating group) is 1. The molecule has 3 nitrogen and oxygen atoms in total. The molecule has 104 valence electrons. The molecule has 1 saturated heterocycles. The van der Waals surface area contributed by atoms with Gasteiger partial charge in [-0.2, -0.15) is 11.8 Å². The number of ether oxygens (including phenoxy) is 1. The van der Waals surface area contributed by atoms with E-state index >= 15 is 0 Å². The maximum atomic E-state index is 12.3. The Hall–Kier alpha value is -0.520. The summed E-state index contributed by atoms with van der Waals surface area (Å²) >= 11 is 5.32. The summed E-state index contributed by atoms with van der Waals surface area (Å²) in [6.45, 7) is 0.993. The average Bonchev–Trinajstić information content (AvgIpc) is 2.39. The highest BCUT2D eigenvalue weighted by Crippen LogP contribution is 2.26. The Morgan fingerprint density at radius 2 is 2.37 bits per heavy atom. The van der Waals surface area contributed by atoms with E-state index in [0.717, 1.165) is 33.8 Å². The number of methoxy groups -OCH3 is 1. The molecule has 1 fully saturated rings. The van der Waals surface area contributed by atoms with Crippen molar-refractivity contribution in [3.63, 3.8) is 0 Å². The van der Waals surface area contributed by atoms with Gasteiger partial charge in [0.2, 0.25) is 0 Å². The fourth-order valence-corrected chi connectivity index (χ4v) is 4.00. The van der Waals surface area contributed by atoms with Crippen LogP contribution in [0.5, 0.6) is 5.75 Å². The van der Waals surface area contributed by atoms with Crippen LogP contribution in [0.2, 0.25) is 0 Å². The van der Waals surface area contributed by atoms with Gasteiger partial charge in [0.15, 0.2) is 5.78 Å². The highest BCUT2D eigenvalue weighted by molar-refractivity contribution is 9.10. The van der Waals surface area contributed by atoms with Crippen molar-refractivity contribution < 1.29 is 9.53 Å². The van der Waals surface area contributed by atoms with Gasteiger partial charge in [-0.1, -0.05) is 6.07 Å². The van der Waals surface area contributed by atoms with Crippen LogP contribution in [0.25, 0.3) is 0 Å². The standard InChI is InChI=1S/C14H18BrNO2S/c1-16-5-6-19-9-12(16)13(17)8-10-3-4-14(18-2)11(15)7-10/h3-4,7,12H,5-6,8-9H2,1-2H3. The van der Waals surface area contributed by atoms with E-state index in [0.29, 0.717) is 12.2 Å². The van der Waals surface area contributed by atoms with Crippen molar-refractivity contribution in [3.05, 3.63) is 28.2 Å². The normalized spacial score (nSPS) is 20.3. The van der Waals surface area contributed by atoms with Gasteiger partial charge in [-0.3, -0.25) is 9.69 Å². The minimum absolute atomic E-state index is 0.0552. The molecular weight excluding hydrogens is 326 g/mol.